The molecule has 12 N–H and O–H groups in total. The van der Waals surface area contributed by atoms with E-state index in [1.54, 1.807) is 0 Å². The highest BCUT2D eigenvalue weighted by atomic mass is 16.7. The molecule has 3 aliphatic rings. The fourth-order valence-corrected chi connectivity index (χ4v) is 6.52. The Kier molecular flexibility index (Phi) is 10.1. The predicted molar refractivity (Wildman–Crippen MR) is 164 cm³/mol. The van der Waals surface area contributed by atoms with Crippen molar-refractivity contribution in [1.29, 1.82) is 0 Å². The van der Waals surface area contributed by atoms with Crippen molar-refractivity contribution in [1.82, 2.24) is 0 Å². The molecular weight excluding hydrogens is 672 g/mol. The topological polar surface area (TPSA) is 310 Å². The second kappa shape index (κ2) is 13.9. The largest absolute Gasteiger partial charge is 0.508 e. The first-order valence-electron chi connectivity index (χ1n) is 15.6. The van der Waals surface area contributed by atoms with Crippen LogP contribution in [0.4, 0.5) is 0 Å². The van der Waals surface area contributed by atoms with E-state index in [1.165, 1.54) is 31.2 Å². The Bertz CT molecular complexity index is 1750. The highest BCUT2D eigenvalue weighted by Gasteiger charge is 2.52. The lowest BCUT2D eigenvalue weighted by Gasteiger charge is -2.46. The van der Waals surface area contributed by atoms with Gasteiger partial charge in [-0.05, 0) is 31.2 Å². The minimum absolute atomic E-state index is 0.117. The molecule has 0 bridgehead atoms. The molecule has 50 heavy (non-hydrogen) atoms. The first-order chi connectivity index (χ1) is 23.7. The van der Waals surface area contributed by atoms with Crippen molar-refractivity contribution in [3.8, 4) is 28.6 Å². The molecule has 3 aliphatic heterocycles. The number of aliphatic hydroxyl groups is 9. The van der Waals surface area contributed by atoms with Crippen molar-refractivity contribution in [2.24, 2.45) is 0 Å². The van der Waals surface area contributed by atoms with Crippen molar-refractivity contribution >= 4 is 11.0 Å². The molecule has 14 atom stereocenters. The lowest BCUT2D eigenvalue weighted by atomic mass is 9.85. The Morgan fingerprint density at radius 2 is 1.44 bits per heavy atom. The third kappa shape index (κ3) is 6.11. The summed E-state index contributed by atoms with van der Waals surface area (Å²) in [5.41, 5.74) is -2.53. The molecular formula is C32H38O18. The average molecular weight is 711 g/mol. The van der Waals surface area contributed by atoms with Crippen molar-refractivity contribution < 1.29 is 84.6 Å². The number of aromatic hydroxyl groups is 3. The maximum atomic E-state index is 13.8. The molecule has 0 saturated carbocycles. The number of hydrogen-bond acceptors (Lipinski definition) is 18. The van der Waals surface area contributed by atoms with E-state index in [0.717, 1.165) is 6.07 Å². The summed E-state index contributed by atoms with van der Waals surface area (Å²) in [6.45, 7) is -0.146. The van der Waals surface area contributed by atoms with E-state index < -0.39 is 138 Å². The smallest absolute Gasteiger partial charge is 0.197 e. The van der Waals surface area contributed by atoms with Gasteiger partial charge < -0.3 is 84.6 Å². The van der Waals surface area contributed by atoms with Gasteiger partial charge in [0.1, 0.15) is 102 Å². The normalized spacial score (nSPS) is 38.0. The summed E-state index contributed by atoms with van der Waals surface area (Å²) in [6, 6.07) is 6.33. The standard InChI is InChI=1S/C32H38O18/c1-9-19(37)24(42)27(45)32(47-9)50-31-26(44)21(39)15(7-33)49-30(31)18-23(41)17(29-25(43)20(38)13(36)8-46-29)22(40)16-12(35)6-14(48-28(16)18)10-2-4-11(34)5-3-10/h2-6,9,13,15,19-21,24-27,29-34,36-45H,7-8H2,1H3. The van der Waals surface area contributed by atoms with E-state index in [1.807, 2.05) is 0 Å². The average Bonchev–Trinajstić information content (AvgIpc) is 3.08. The van der Waals surface area contributed by atoms with Gasteiger partial charge in [0.15, 0.2) is 17.3 Å². The number of phenols is 3. The summed E-state index contributed by atoms with van der Waals surface area (Å²) >= 11 is 0. The Labute approximate surface area is 281 Å². The second-order valence-electron chi connectivity index (χ2n) is 12.6. The molecule has 1 aromatic heterocycles. The highest BCUT2D eigenvalue weighted by Crippen LogP contribution is 2.51. The van der Waals surface area contributed by atoms with Crippen LogP contribution in [0.3, 0.4) is 0 Å². The van der Waals surface area contributed by atoms with Crippen LogP contribution in [0.25, 0.3) is 22.3 Å². The number of aliphatic hydroxyl groups excluding tert-OH is 9. The fourth-order valence-electron chi connectivity index (χ4n) is 6.52. The number of benzene rings is 2. The van der Waals surface area contributed by atoms with Crippen LogP contribution in [0.2, 0.25) is 0 Å². The van der Waals surface area contributed by atoms with Crippen LogP contribution in [0.5, 0.6) is 17.2 Å². The summed E-state index contributed by atoms with van der Waals surface area (Å²) in [5, 5.41) is 127. The molecule has 2 aromatic carbocycles. The number of hydrogen-bond donors (Lipinski definition) is 12. The van der Waals surface area contributed by atoms with Gasteiger partial charge in [-0.15, -0.1) is 0 Å². The Balaban J connectivity index is 1.60. The number of ether oxygens (including phenoxy) is 4. The van der Waals surface area contributed by atoms with Crippen molar-refractivity contribution in [2.45, 2.75) is 92.6 Å². The number of rotatable bonds is 6. The fraction of sp³-hybridized carbons (Fsp3) is 0.531. The van der Waals surface area contributed by atoms with Gasteiger partial charge in [0, 0.05) is 11.6 Å². The molecule has 274 valence electrons. The van der Waals surface area contributed by atoms with E-state index in [2.05, 4.69) is 0 Å². The summed E-state index contributed by atoms with van der Waals surface area (Å²) < 4.78 is 28.9. The lowest BCUT2D eigenvalue weighted by Crippen LogP contribution is -2.61. The molecule has 14 unspecified atom stereocenters. The molecule has 0 radical (unpaired) electrons. The van der Waals surface area contributed by atoms with Crippen LogP contribution >= 0.6 is 0 Å². The Hall–Kier alpha value is -3.47. The van der Waals surface area contributed by atoms with Crippen LogP contribution in [0.1, 0.15) is 30.3 Å². The van der Waals surface area contributed by atoms with Gasteiger partial charge in [-0.2, -0.15) is 0 Å². The van der Waals surface area contributed by atoms with E-state index in [-0.39, 0.29) is 17.1 Å². The van der Waals surface area contributed by atoms with Crippen molar-refractivity contribution in [3.05, 3.63) is 51.7 Å². The molecule has 3 fully saturated rings. The zero-order valence-corrected chi connectivity index (χ0v) is 26.2. The zero-order chi connectivity index (χ0) is 36.3. The molecule has 0 aliphatic carbocycles. The van der Waals surface area contributed by atoms with E-state index in [4.69, 9.17) is 23.4 Å². The molecule has 6 rings (SSSR count). The van der Waals surface area contributed by atoms with Crippen LogP contribution in [-0.4, -0.2) is 148 Å². The van der Waals surface area contributed by atoms with Crippen LogP contribution < -0.4 is 5.43 Å². The van der Waals surface area contributed by atoms with Gasteiger partial charge in [0.25, 0.3) is 0 Å². The summed E-state index contributed by atoms with van der Waals surface area (Å²) in [5.74, 6) is -2.24. The molecule has 4 heterocycles. The lowest BCUT2D eigenvalue weighted by molar-refractivity contribution is -0.338. The second-order valence-corrected chi connectivity index (χ2v) is 12.6. The van der Waals surface area contributed by atoms with Gasteiger partial charge >= 0.3 is 0 Å². The van der Waals surface area contributed by atoms with Crippen LogP contribution in [-0.2, 0) is 18.9 Å². The Morgan fingerprint density at radius 3 is 2.10 bits per heavy atom. The summed E-state index contributed by atoms with van der Waals surface area (Å²) in [4.78, 5) is 13.8. The first kappa shape index (κ1) is 36.3. The van der Waals surface area contributed by atoms with Gasteiger partial charge in [-0.25, -0.2) is 0 Å². The number of phenolic OH excluding ortho intramolecular Hbond substituents is 3. The first-order valence-corrected chi connectivity index (χ1v) is 15.6. The minimum atomic E-state index is -2.02. The summed E-state index contributed by atoms with van der Waals surface area (Å²) in [7, 11) is 0. The van der Waals surface area contributed by atoms with Gasteiger partial charge in [-0.3, -0.25) is 4.79 Å². The number of fused-ring (bicyclic) bond motifs is 1. The third-order valence-corrected chi connectivity index (χ3v) is 9.38. The quantitative estimate of drug-likeness (QED) is 0.122. The van der Waals surface area contributed by atoms with E-state index >= 15 is 0 Å². The van der Waals surface area contributed by atoms with Gasteiger partial charge in [0.2, 0.25) is 0 Å². The summed E-state index contributed by atoms with van der Waals surface area (Å²) in [6.07, 6.45) is -24.7. The zero-order valence-electron chi connectivity index (χ0n) is 26.2. The van der Waals surface area contributed by atoms with Crippen LogP contribution in [0, 0.1) is 0 Å². The minimum Gasteiger partial charge on any atom is -0.508 e. The molecule has 0 spiro atoms. The molecule has 3 saturated heterocycles. The molecule has 3 aromatic rings. The van der Waals surface area contributed by atoms with Crippen LogP contribution in [0.15, 0.2) is 39.5 Å². The van der Waals surface area contributed by atoms with E-state index in [0.29, 0.717) is 0 Å². The Morgan fingerprint density at radius 1 is 0.760 bits per heavy atom. The SMILES string of the molecule is CC1OC(OC2C(c3c(O)c(C4OCC(O)C(O)C4O)c(O)c4c(=O)cc(-c5ccc(O)cc5)oc34)OC(CO)C(O)C2O)C(O)C(O)C1O. The van der Waals surface area contributed by atoms with E-state index in [9.17, 15) is 66.1 Å². The monoisotopic (exact) mass is 710 g/mol. The molecule has 0 amide bonds. The van der Waals surface area contributed by atoms with Crippen molar-refractivity contribution in [2.75, 3.05) is 13.2 Å². The predicted octanol–water partition coefficient (Wildman–Crippen LogP) is -2.90. The van der Waals surface area contributed by atoms with Gasteiger partial charge in [0.05, 0.1) is 30.4 Å². The van der Waals surface area contributed by atoms with Gasteiger partial charge in [-0.1, -0.05) is 0 Å². The highest BCUT2D eigenvalue weighted by molar-refractivity contribution is 5.92. The molecule has 18 heteroatoms. The maximum Gasteiger partial charge on any atom is 0.197 e. The molecule has 18 nitrogen and oxygen atoms in total. The van der Waals surface area contributed by atoms with Crippen molar-refractivity contribution in [3.63, 3.8) is 0 Å². The third-order valence-electron chi connectivity index (χ3n) is 9.38. The maximum absolute atomic E-state index is 13.8.